The predicted octanol–water partition coefficient (Wildman–Crippen LogP) is 2.59. The van der Waals surface area contributed by atoms with E-state index < -0.39 is 5.97 Å². The maximum absolute atomic E-state index is 12.2. The average molecular weight is 350 g/mol. The normalized spacial score (nSPS) is 9.95. The van der Waals surface area contributed by atoms with Crippen molar-refractivity contribution in [2.75, 3.05) is 17.2 Å². The van der Waals surface area contributed by atoms with Gasteiger partial charge in [-0.2, -0.15) is 0 Å². The summed E-state index contributed by atoms with van der Waals surface area (Å²) in [6.45, 7) is -0.281. The monoisotopic (exact) mass is 349 g/mol. The first-order valence-electron chi connectivity index (χ1n) is 6.04. The number of carboxylic acids is 1. The van der Waals surface area contributed by atoms with E-state index in [1.54, 1.807) is 30.3 Å². The number of rotatable bonds is 5. The molecular weight excluding hydrogens is 338 g/mol. The van der Waals surface area contributed by atoms with Crippen LogP contribution in [0.15, 0.2) is 47.1 Å². The van der Waals surface area contributed by atoms with E-state index in [2.05, 4.69) is 31.5 Å². The van der Waals surface area contributed by atoms with Gasteiger partial charge in [0.05, 0.1) is 5.69 Å². The summed E-state index contributed by atoms with van der Waals surface area (Å²) < 4.78 is 0.797. The molecule has 0 spiro atoms. The van der Waals surface area contributed by atoms with Crippen LogP contribution in [0.3, 0.4) is 0 Å². The number of hydrogen-bond donors (Lipinski definition) is 3. The third-order valence-electron chi connectivity index (χ3n) is 2.55. The molecule has 0 radical (unpaired) electrons. The molecule has 0 fully saturated rings. The minimum absolute atomic E-state index is 0.281. The Hall–Kier alpha value is -2.41. The molecule has 0 aliphatic rings. The maximum atomic E-state index is 12.2. The molecule has 108 valence electrons. The molecule has 2 rings (SSSR count). The molecule has 0 aliphatic carbocycles. The summed E-state index contributed by atoms with van der Waals surface area (Å²) in [6, 6.07) is 10.2. The lowest BCUT2D eigenvalue weighted by molar-refractivity contribution is -0.134. The molecule has 0 aliphatic heterocycles. The number of nitrogens with one attached hydrogen (secondary N) is 2. The van der Waals surface area contributed by atoms with Gasteiger partial charge in [0.1, 0.15) is 12.4 Å². The van der Waals surface area contributed by atoms with Gasteiger partial charge in [-0.1, -0.05) is 22.0 Å². The van der Waals surface area contributed by atoms with Gasteiger partial charge in [-0.05, 0) is 30.3 Å². The molecule has 3 N–H and O–H groups in total. The van der Waals surface area contributed by atoms with E-state index in [-0.39, 0.29) is 12.5 Å². The van der Waals surface area contributed by atoms with Gasteiger partial charge >= 0.3 is 5.97 Å². The minimum atomic E-state index is -1.01. The quantitative estimate of drug-likeness (QED) is 0.771. The topological polar surface area (TPSA) is 91.3 Å². The zero-order valence-corrected chi connectivity index (χ0v) is 12.4. The molecule has 1 aromatic heterocycles. The van der Waals surface area contributed by atoms with Crippen LogP contribution in [-0.4, -0.2) is 28.5 Å². The van der Waals surface area contributed by atoms with Crippen molar-refractivity contribution in [2.24, 2.45) is 0 Å². The second-order valence-corrected chi connectivity index (χ2v) is 5.03. The lowest BCUT2D eigenvalue weighted by Gasteiger charge is -2.10. The van der Waals surface area contributed by atoms with E-state index >= 15 is 0 Å². The number of halogens is 1. The number of carbonyl (C=O) groups excluding carboxylic acids is 1. The van der Waals surface area contributed by atoms with Gasteiger partial charge in [-0.3, -0.25) is 9.59 Å². The van der Waals surface area contributed by atoms with Crippen molar-refractivity contribution in [1.82, 2.24) is 4.98 Å². The van der Waals surface area contributed by atoms with Crippen LogP contribution in [-0.2, 0) is 4.79 Å². The molecular formula is C14H12BrN3O3. The number of anilines is 2. The number of carbonyl (C=O) groups is 2. The highest BCUT2D eigenvalue weighted by Gasteiger charge is 2.10. The lowest BCUT2D eigenvalue weighted by atomic mass is 10.2. The Labute approximate surface area is 129 Å². The van der Waals surface area contributed by atoms with Gasteiger partial charge in [-0.25, -0.2) is 4.98 Å². The Morgan fingerprint density at radius 2 is 2.05 bits per heavy atom. The molecule has 1 aromatic carbocycles. The first kappa shape index (κ1) is 15.0. The standard InChI is InChI=1S/C14H12BrN3O3/c15-10-4-1-3-9(7-10)14(21)18-11-5-2-6-16-13(11)17-8-12(19)20/h1-7H,8H2,(H,16,17)(H,18,21)(H,19,20). The summed E-state index contributed by atoms with van der Waals surface area (Å²) in [4.78, 5) is 26.8. The Bertz CT molecular complexity index is 676. The smallest absolute Gasteiger partial charge is 0.322 e. The van der Waals surface area contributed by atoms with Crippen molar-refractivity contribution < 1.29 is 14.7 Å². The van der Waals surface area contributed by atoms with Crippen molar-refractivity contribution in [3.63, 3.8) is 0 Å². The fourth-order valence-electron chi connectivity index (χ4n) is 1.63. The first-order valence-corrected chi connectivity index (χ1v) is 6.83. The minimum Gasteiger partial charge on any atom is -0.480 e. The number of carboxylic acid groups (broad SMARTS) is 1. The van der Waals surface area contributed by atoms with Gasteiger partial charge in [0.25, 0.3) is 5.91 Å². The third kappa shape index (κ3) is 4.28. The summed E-state index contributed by atoms with van der Waals surface area (Å²) in [6.07, 6.45) is 1.51. The summed E-state index contributed by atoms with van der Waals surface area (Å²) in [5.41, 5.74) is 0.904. The number of hydrogen-bond acceptors (Lipinski definition) is 4. The van der Waals surface area contributed by atoms with Gasteiger partial charge in [-0.15, -0.1) is 0 Å². The van der Waals surface area contributed by atoms with Crippen LogP contribution in [0.5, 0.6) is 0 Å². The molecule has 0 saturated carbocycles. The van der Waals surface area contributed by atoms with Gasteiger partial charge in [0.15, 0.2) is 0 Å². The van der Waals surface area contributed by atoms with E-state index in [1.165, 1.54) is 6.20 Å². The zero-order valence-electron chi connectivity index (χ0n) is 10.8. The Kier molecular flexibility index (Phi) is 4.89. The second kappa shape index (κ2) is 6.85. The van der Waals surface area contributed by atoms with Crippen LogP contribution in [0, 0.1) is 0 Å². The number of aliphatic carboxylic acids is 1. The number of pyridine rings is 1. The third-order valence-corrected chi connectivity index (χ3v) is 3.04. The highest BCUT2D eigenvalue weighted by atomic mass is 79.9. The summed E-state index contributed by atoms with van der Waals surface area (Å²) in [7, 11) is 0. The highest BCUT2D eigenvalue weighted by molar-refractivity contribution is 9.10. The Balaban J connectivity index is 2.15. The van der Waals surface area contributed by atoms with Crippen LogP contribution < -0.4 is 10.6 Å². The fraction of sp³-hybridized carbons (Fsp3) is 0.0714. The Morgan fingerprint density at radius 3 is 2.76 bits per heavy atom. The van der Waals surface area contributed by atoms with Crippen molar-refractivity contribution in [2.45, 2.75) is 0 Å². The molecule has 21 heavy (non-hydrogen) atoms. The largest absolute Gasteiger partial charge is 0.480 e. The zero-order chi connectivity index (χ0) is 15.2. The van der Waals surface area contributed by atoms with Crippen LogP contribution in [0.25, 0.3) is 0 Å². The number of aromatic nitrogens is 1. The summed E-state index contributed by atoms with van der Waals surface area (Å²) in [5.74, 6) is -1.00. The van der Waals surface area contributed by atoms with Crippen LogP contribution in [0.4, 0.5) is 11.5 Å². The summed E-state index contributed by atoms with van der Waals surface area (Å²) >= 11 is 3.30. The fourth-order valence-corrected chi connectivity index (χ4v) is 2.03. The molecule has 0 unspecified atom stereocenters. The predicted molar refractivity (Wildman–Crippen MR) is 82.5 cm³/mol. The highest BCUT2D eigenvalue weighted by Crippen LogP contribution is 2.19. The molecule has 1 heterocycles. The van der Waals surface area contributed by atoms with Crippen molar-refractivity contribution in [1.29, 1.82) is 0 Å². The molecule has 2 aromatic rings. The van der Waals surface area contributed by atoms with E-state index in [9.17, 15) is 9.59 Å². The number of amides is 1. The van der Waals surface area contributed by atoms with E-state index in [0.717, 1.165) is 4.47 Å². The molecule has 1 amide bonds. The second-order valence-electron chi connectivity index (χ2n) is 4.11. The molecule has 0 bridgehead atoms. The van der Waals surface area contributed by atoms with E-state index in [1.807, 2.05) is 6.07 Å². The summed E-state index contributed by atoms with van der Waals surface area (Å²) in [5, 5.41) is 14.0. The van der Waals surface area contributed by atoms with Gasteiger partial charge in [0, 0.05) is 16.2 Å². The maximum Gasteiger partial charge on any atom is 0.322 e. The van der Waals surface area contributed by atoms with Crippen molar-refractivity contribution in [3.05, 3.63) is 52.6 Å². The van der Waals surface area contributed by atoms with Crippen LogP contribution in [0.2, 0.25) is 0 Å². The lowest BCUT2D eigenvalue weighted by Crippen LogP contribution is -2.17. The van der Waals surface area contributed by atoms with E-state index in [0.29, 0.717) is 17.1 Å². The first-order chi connectivity index (χ1) is 10.1. The number of nitrogens with zero attached hydrogens (tertiary/aromatic N) is 1. The van der Waals surface area contributed by atoms with E-state index in [4.69, 9.17) is 5.11 Å². The molecule has 6 nitrogen and oxygen atoms in total. The molecule has 7 heteroatoms. The van der Waals surface area contributed by atoms with Crippen molar-refractivity contribution in [3.8, 4) is 0 Å². The molecule has 0 atom stereocenters. The number of benzene rings is 1. The van der Waals surface area contributed by atoms with Gasteiger partial charge < -0.3 is 15.7 Å². The van der Waals surface area contributed by atoms with Crippen LogP contribution >= 0.6 is 15.9 Å². The van der Waals surface area contributed by atoms with Crippen LogP contribution in [0.1, 0.15) is 10.4 Å². The van der Waals surface area contributed by atoms with Crippen molar-refractivity contribution >= 4 is 39.3 Å². The van der Waals surface area contributed by atoms with Gasteiger partial charge in [0.2, 0.25) is 0 Å². The molecule has 0 saturated heterocycles. The Morgan fingerprint density at radius 1 is 1.24 bits per heavy atom. The average Bonchev–Trinajstić information content (AvgIpc) is 2.46. The SMILES string of the molecule is O=C(O)CNc1ncccc1NC(=O)c1cccc(Br)c1.